The van der Waals surface area contributed by atoms with E-state index in [0.29, 0.717) is 6.04 Å². The van der Waals surface area contributed by atoms with Gasteiger partial charge in [-0.2, -0.15) is 0 Å². The second kappa shape index (κ2) is 6.09. The average Bonchev–Trinajstić information content (AvgIpc) is 2.40. The van der Waals surface area contributed by atoms with Crippen LogP contribution < -0.4 is 5.32 Å². The third-order valence-corrected chi connectivity index (χ3v) is 4.50. The van der Waals surface area contributed by atoms with Gasteiger partial charge in [-0.3, -0.25) is 0 Å². The Labute approximate surface area is 118 Å². The second-order valence-electron chi connectivity index (χ2n) is 7.09. The Morgan fingerprint density at radius 3 is 2.05 bits per heavy atom. The zero-order chi connectivity index (χ0) is 13.9. The van der Waals surface area contributed by atoms with Crippen molar-refractivity contribution in [2.45, 2.75) is 64.8 Å². The van der Waals surface area contributed by atoms with Crippen LogP contribution in [0.4, 0.5) is 0 Å². The van der Waals surface area contributed by atoms with Crippen molar-refractivity contribution in [3.8, 4) is 0 Å². The first-order valence-electron chi connectivity index (χ1n) is 7.79. The fraction of sp³-hybridized carbons (Fsp3) is 0.667. The van der Waals surface area contributed by atoms with E-state index in [2.05, 4.69) is 57.4 Å². The first-order chi connectivity index (χ1) is 9.02. The molecule has 1 fully saturated rings. The van der Waals surface area contributed by atoms with E-state index < -0.39 is 0 Å². The van der Waals surface area contributed by atoms with Crippen molar-refractivity contribution < 1.29 is 0 Å². The van der Waals surface area contributed by atoms with Crippen LogP contribution in [0.3, 0.4) is 0 Å². The zero-order valence-corrected chi connectivity index (χ0v) is 13.0. The van der Waals surface area contributed by atoms with Gasteiger partial charge in [0.2, 0.25) is 0 Å². The largest absolute Gasteiger partial charge is 0.313 e. The van der Waals surface area contributed by atoms with Crippen molar-refractivity contribution in [2.24, 2.45) is 5.41 Å². The molecule has 2 rings (SSSR count). The summed E-state index contributed by atoms with van der Waals surface area (Å²) in [6.45, 7) is 6.88. The van der Waals surface area contributed by atoms with Crippen LogP contribution in [-0.2, 0) is 0 Å². The standard InChI is InChI=1S/C18H29N/c1-18(2,3)17(19-4)16-12-10-15(11-13-16)14-8-6-5-7-9-14/h10-14,17,19H,5-9H2,1-4H3. The molecule has 1 aromatic carbocycles. The molecule has 0 aromatic heterocycles. The van der Waals surface area contributed by atoms with Gasteiger partial charge in [-0.1, -0.05) is 64.3 Å². The minimum atomic E-state index is 0.251. The summed E-state index contributed by atoms with van der Waals surface area (Å²) in [5.74, 6) is 0.811. The maximum Gasteiger partial charge on any atom is 0.0366 e. The Morgan fingerprint density at radius 1 is 1.00 bits per heavy atom. The van der Waals surface area contributed by atoms with Crippen molar-refractivity contribution in [1.29, 1.82) is 0 Å². The minimum absolute atomic E-state index is 0.251. The molecule has 1 atom stereocenters. The smallest absolute Gasteiger partial charge is 0.0366 e. The zero-order valence-electron chi connectivity index (χ0n) is 13.0. The molecule has 106 valence electrons. The summed E-state index contributed by atoms with van der Waals surface area (Å²) in [4.78, 5) is 0. The maximum atomic E-state index is 3.46. The van der Waals surface area contributed by atoms with Crippen molar-refractivity contribution in [3.05, 3.63) is 35.4 Å². The van der Waals surface area contributed by atoms with Crippen LogP contribution in [0.15, 0.2) is 24.3 Å². The highest BCUT2D eigenvalue weighted by atomic mass is 14.9. The first-order valence-corrected chi connectivity index (χ1v) is 7.79. The van der Waals surface area contributed by atoms with Gasteiger partial charge in [0, 0.05) is 6.04 Å². The molecule has 1 aliphatic rings. The Hall–Kier alpha value is -0.820. The van der Waals surface area contributed by atoms with Gasteiger partial charge in [0.15, 0.2) is 0 Å². The highest BCUT2D eigenvalue weighted by Crippen LogP contribution is 2.35. The van der Waals surface area contributed by atoms with Gasteiger partial charge in [0.1, 0.15) is 0 Å². The van der Waals surface area contributed by atoms with Crippen molar-refractivity contribution in [2.75, 3.05) is 7.05 Å². The van der Waals surface area contributed by atoms with Gasteiger partial charge in [-0.25, -0.2) is 0 Å². The summed E-state index contributed by atoms with van der Waals surface area (Å²) in [6, 6.07) is 9.81. The molecule has 1 heteroatoms. The van der Waals surface area contributed by atoms with Crippen LogP contribution in [0.2, 0.25) is 0 Å². The first kappa shape index (κ1) is 14.6. The minimum Gasteiger partial charge on any atom is -0.313 e. The van der Waals surface area contributed by atoms with Gasteiger partial charge in [-0.05, 0) is 42.3 Å². The summed E-state index contributed by atoms with van der Waals surface area (Å²) in [7, 11) is 2.06. The predicted octanol–water partition coefficient (Wildman–Crippen LogP) is 5.04. The molecule has 1 N–H and O–H groups in total. The molecule has 0 heterocycles. The van der Waals surface area contributed by atoms with Crippen LogP contribution in [0, 0.1) is 5.41 Å². The molecular formula is C18H29N. The van der Waals surface area contributed by atoms with Gasteiger partial charge in [-0.15, -0.1) is 0 Å². The van der Waals surface area contributed by atoms with Crippen LogP contribution in [0.5, 0.6) is 0 Å². The molecule has 0 radical (unpaired) electrons. The average molecular weight is 259 g/mol. The summed E-state index contributed by atoms with van der Waals surface area (Å²) in [5.41, 5.74) is 3.21. The van der Waals surface area contributed by atoms with Crippen molar-refractivity contribution in [3.63, 3.8) is 0 Å². The van der Waals surface area contributed by atoms with Gasteiger partial charge >= 0.3 is 0 Å². The fourth-order valence-corrected chi connectivity index (χ4v) is 3.50. The summed E-state index contributed by atoms with van der Waals surface area (Å²) in [6.07, 6.45) is 7.02. The number of rotatable bonds is 3. The lowest BCUT2D eigenvalue weighted by atomic mass is 9.80. The number of benzene rings is 1. The molecule has 1 unspecified atom stereocenters. The molecule has 19 heavy (non-hydrogen) atoms. The molecule has 0 amide bonds. The SMILES string of the molecule is CNC(c1ccc(C2CCCCC2)cc1)C(C)(C)C. The predicted molar refractivity (Wildman–Crippen MR) is 83.5 cm³/mol. The molecule has 1 saturated carbocycles. The van der Waals surface area contributed by atoms with Gasteiger partial charge < -0.3 is 5.32 Å². The lowest BCUT2D eigenvalue weighted by Crippen LogP contribution is -2.29. The number of nitrogens with one attached hydrogen (secondary N) is 1. The van der Waals surface area contributed by atoms with Gasteiger partial charge in [0.05, 0.1) is 0 Å². The van der Waals surface area contributed by atoms with E-state index in [1.54, 1.807) is 5.56 Å². The number of hydrogen-bond donors (Lipinski definition) is 1. The summed E-state index contributed by atoms with van der Waals surface area (Å²) >= 11 is 0. The highest BCUT2D eigenvalue weighted by Gasteiger charge is 2.24. The summed E-state index contributed by atoms with van der Waals surface area (Å²) in [5, 5.41) is 3.46. The van der Waals surface area contributed by atoms with E-state index in [9.17, 15) is 0 Å². The van der Waals surface area contributed by atoms with Gasteiger partial charge in [0.25, 0.3) is 0 Å². The Bertz CT molecular complexity index is 379. The van der Waals surface area contributed by atoms with E-state index in [1.807, 2.05) is 0 Å². The lowest BCUT2D eigenvalue weighted by molar-refractivity contribution is 0.287. The Kier molecular flexibility index (Phi) is 4.67. The lowest BCUT2D eigenvalue weighted by Gasteiger charge is -2.31. The number of hydrogen-bond acceptors (Lipinski definition) is 1. The Morgan fingerprint density at radius 2 is 1.58 bits per heavy atom. The van der Waals surface area contributed by atoms with Crippen LogP contribution in [0.1, 0.15) is 76.0 Å². The second-order valence-corrected chi connectivity index (χ2v) is 7.09. The van der Waals surface area contributed by atoms with E-state index in [0.717, 1.165) is 5.92 Å². The molecule has 1 nitrogen and oxygen atoms in total. The molecule has 0 saturated heterocycles. The topological polar surface area (TPSA) is 12.0 Å². The van der Waals surface area contributed by atoms with Crippen LogP contribution in [0.25, 0.3) is 0 Å². The third-order valence-electron chi connectivity index (χ3n) is 4.50. The molecular weight excluding hydrogens is 230 g/mol. The van der Waals surface area contributed by atoms with E-state index in [-0.39, 0.29) is 5.41 Å². The van der Waals surface area contributed by atoms with E-state index >= 15 is 0 Å². The fourth-order valence-electron chi connectivity index (χ4n) is 3.50. The highest BCUT2D eigenvalue weighted by molar-refractivity contribution is 5.28. The molecule has 0 bridgehead atoms. The van der Waals surface area contributed by atoms with Crippen LogP contribution >= 0.6 is 0 Å². The maximum absolute atomic E-state index is 3.46. The third kappa shape index (κ3) is 3.60. The normalized spacial score (nSPS) is 19.4. The quantitative estimate of drug-likeness (QED) is 0.801. The van der Waals surface area contributed by atoms with Crippen molar-refractivity contribution >= 4 is 0 Å². The van der Waals surface area contributed by atoms with E-state index in [1.165, 1.54) is 37.7 Å². The summed E-state index contributed by atoms with van der Waals surface area (Å²) < 4.78 is 0. The van der Waals surface area contributed by atoms with E-state index in [4.69, 9.17) is 0 Å². The van der Waals surface area contributed by atoms with Crippen molar-refractivity contribution in [1.82, 2.24) is 5.32 Å². The monoisotopic (exact) mass is 259 g/mol. The molecule has 1 aliphatic carbocycles. The molecule has 0 spiro atoms. The molecule has 1 aromatic rings. The Balaban J connectivity index is 2.13. The molecule has 0 aliphatic heterocycles. The van der Waals surface area contributed by atoms with Crippen LogP contribution in [-0.4, -0.2) is 7.05 Å².